The largest absolute Gasteiger partial charge is 0.379 e. The van der Waals surface area contributed by atoms with Crippen LogP contribution in [-0.2, 0) is 10.0 Å². The lowest BCUT2D eigenvalue weighted by molar-refractivity contribution is 0.599. The van der Waals surface area contributed by atoms with Crippen LogP contribution in [0.5, 0.6) is 0 Å². The lowest BCUT2D eigenvalue weighted by Gasteiger charge is -2.16. The van der Waals surface area contributed by atoms with Crippen LogP contribution in [0.2, 0.25) is 0 Å². The maximum Gasteiger partial charge on any atom is 0.285 e. The van der Waals surface area contributed by atoms with E-state index in [1.165, 1.54) is 5.56 Å². The van der Waals surface area contributed by atoms with E-state index in [4.69, 9.17) is 0 Å². The normalized spacial score (nSPS) is 15.5. The van der Waals surface area contributed by atoms with Gasteiger partial charge in [-0.15, -0.1) is 4.40 Å². The molecule has 1 aliphatic rings. The number of amidine groups is 1. The van der Waals surface area contributed by atoms with Crippen LogP contribution in [0.25, 0.3) is 0 Å². The minimum Gasteiger partial charge on any atom is -0.379 e. The number of rotatable bonds is 4. The fourth-order valence-electron chi connectivity index (χ4n) is 3.06. The minimum atomic E-state index is -3.62. The molecule has 136 valence electrons. The Morgan fingerprint density at radius 1 is 0.815 bits per heavy atom. The van der Waals surface area contributed by atoms with E-state index in [1.54, 1.807) is 24.3 Å². The number of nitrogens with one attached hydrogen (secondary N) is 2. The third kappa shape index (κ3) is 3.57. The van der Waals surface area contributed by atoms with Crippen molar-refractivity contribution >= 4 is 27.2 Å². The molecule has 6 heteroatoms. The summed E-state index contributed by atoms with van der Waals surface area (Å²) in [5, 5.41) is 6.56. The summed E-state index contributed by atoms with van der Waals surface area (Å²) in [7, 11) is -3.62. The lowest BCUT2D eigenvalue weighted by atomic mass is 10.1. The Bertz CT molecular complexity index is 1090. The molecule has 0 aliphatic carbocycles. The first kappa shape index (κ1) is 17.3. The Morgan fingerprint density at radius 3 is 2.19 bits per heavy atom. The van der Waals surface area contributed by atoms with Crippen LogP contribution in [0, 0.1) is 0 Å². The molecule has 0 unspecified atom stereocenters. The average molecular weight is 377 g/mol. The number of hydrogen-bond donors (Lipinski definition) is 2. The van der Waals surface area contributed by atoms with E-state index >= 15 is 0 Å². The maximum atomic E-state index is 12.1. The lowest BCUT2D eigenvalue weighted by Crippen LogP contribution is -2.11. The zero-order valence-electron chi connectivity index (χ0n) is 14.8. The molecule has 3 aromatic rings. The number of hydrogen-bond acceptors (Lipinski definition) is 4. The van der Waals surface area contributed by atoms with Gasteiger partial charge in [-0.3, -0.25) is 0 Å². The van der Waals surface area contributed by atoms with Gasteiger partial charge in [0.1, 0.15) is 4.90 Å². The first-order valence-electron chi connectivity index (χ1n) is 8.66. The van der Waals surface area contributed by atoms with Gasteiger partial charge >= 0.3 is 0 Å². The summed E-state index contributed by atoms with van der Waals surface area (Å²) >= 11 is 0. The molecule has 0 saturated carbocycles. The average Bonchev–Trinajstić information content (AvgIpc) is 2.94. The van der Waals surface area contributed by atoms with Crippen molar-refractivity contribution in [3.05, 3.63) is 90.0 Å². The summed E-state index contributed by atoms with van der Waals surface area (Å²) in [5.41, 5.74) is 3.57. The summed E-state index contributed by atoms with van der Waals surface area (Å²) < 4.78 is 28.1. The van der Waals surface area contributed by atoms with Crippen LogP contribution < -0.4 is 10.6 Å². The summed E-state index contributed by atoms with van der Waals surface area (Å²) in [6, 6.07) is 24.9. The second kappa shape index (κ2) is 6.89. The van der Waals surface area contributed by atoms with Gasteiger partial charge in [-0.2, -0.15) is 8.42 Å². The number of nitrogens with zero attached hydrogens (tertiary/aromatic N) is 1. The Kier molecular flexibility index (Phi) is 4.41. The molecule has 1 atom stereocenters. The summed E-state index contributed by atoms with van der Waals surface area (Å²) in [4.78, 5) is 0.238. The third-order valence-electron chi connectivity index (χ3n) is 4.46. The number of fused-ring (bicyclic) bond motifs is 1. The van der Waals surface area contributed by atoms with Crippen molar-refractivity contribution in [1.29, 1.82) is 0 Å². The van der Waals surface area contributed by atoms with Crippen LogP contribution in [0.4, 0.5) is 11.4 Å². The molecule has 27 heavy (non-hydrogen) atoms. The highest BCUT2D eigenvalue weighted by atomic mass is 32.2. The van der Waals surface area contributed by atoms with Gasteiger partial charge in [0.25, 0.3) is 10.0 Å². The van der Waals surface area contributed by atoms with Gasteiger partial charge in [0.15, 0.2) is 5.84 Å². The topological polar surface area (TPSA) is 70.6 Å². The first-order valence-corrected chi connectivity index (χ1v) is 10.1. The molecule has 3 aromatic carbocycles. The Morgan fingerprint density at radius 2 is 1.44 bits per heavy atom. The monoisotopic (exact) mass is 377 g/mol. The minimum absolute atomic E-state index is 0.182. The molecular weight excluding hydrogens is 358 g/mol. The zero-order valence-corrected chi connectivity index (χ0v) is 15.6. The van der Waals surface area contributed by atoms with Crippen molar-refractivity contribution in [2.75, 3.05) is 10.6 Å². The quantitative estimate of drug-likeness (QED) is 0.706. The Labute approximate surface area is 158 Å². The SMILES string of the molecule is C[C@H](Nc1ccc(NC2=NS(=O)(=O)c3ccccc32)cc1)c1ccccc1. The van der Waals surface area contributed by atoms with Gasteiger partial charge in [0.05, 0.1) is 0 Å². The summed E-state index contributed by atoms with van der Waals surface area (Å²) in [5.74, 6) is 0.351. The van der Waals surface area contributed by atoms with E-state index in [0.29, 0.717) is 11.4 Å². The molecule has 0 saturated heterocycles. The molecule has 1 heterocycles. The highest BCUT2D eigenvalue weighted by molar-refractivity contribution is 7.90. The predicted octanol–water partition coefficient (Wildman–Crippen LogP) is 4.42. The van der Waals surface area contributed by atoms with E-state index in [2.05, 4.69) is 34.1 Å². The molecular formula is C21H19N3O2S. The van der Waals surface area contributed by atoms with Crippen LogP contribution in [0.15, 0.2) is 88.2 Å². The molecule has 0 radical (unpaired) electrons. The van der Waals surface area contributed by atoms with Gasteiger partial charge in [0.2, 0.25) is 0 Å². The van der Waals surface area contributed by atoms with Gasteiger partial charge in [0, 0.05) is 23.0 Å². The van der Waals surface area contributed by atoms with E-state index in [0.717, 1.165) is 11.4 Å². The van der Waals surface area contributed by atoms with E-state index in [1.807, 2.05) is 42.5 Å². The van der Waals surface area contributed by atoms with E-state index in [-0.39, 0.29) is 10.9 Å². The van der Waals surface area contributed by atoms with Crippen LogP contribution in [0.1, 0.15) is 24.1 Å². The van der Waals surface area contributed by atoms with Crippen molar-refractivity contribution in [2.24, 2.45) is 4.40 Å². The summed E-state index contributed by atoms with van der Waals surface area (Å²) in [6.45, 7) is 2.11. The molecule has 0 spiro atoms. The molecule has 0 aromatic heterocycles. The predicted molar refractivity (Wildman–Crippen MR) is 109 cm³/mol. The number of sulfonamides is 1. The number of anilines is 2. The van der Waals surface area contributed by atoms with Crippen molar-refractivity contribution in [2.45, 2.75) is 17.9 Å². The van der Waals surface area contributed by atoms with Crippen LogP contribution in [0.3, 0.4) is 0 Å². The molecule has 1 aliphatic heterocycles. The second-order valence-corrected chi connectivity index (χ2v) is 7.96. The van der Waals surface area contributed by atoms with Gasteiger partial charge < -0.3 is 10.6 Å². The third-order valence-corrected chi connectivity index (χ3v) is 5.80. The standard InChI is InChI=1S/C21H19N3O2S/c1-15(16-7-3-2-4-8-16)22-17-11-13-18(14-12-17)23-21-19-9-5-6-10-20(19)27(25,26)24-21/h2-15,22H,1H3,(H,23,24)/t15-/m0/s1. The van der Waals surface area contributed by atoms with E-state index < -0.39 is 10.0 Å². The molecule has 0 fully saturated rings. The molecule has 0 bridgehead atoms. The molecule has 4 rings (SSSR count). The van der Waals surface area contributed by atoms with E-state index in [9.17, 15) is 8.42 Å². The highest BCUT2D eigenvalue weighted by Gasteiger charge is 2.28. The van der Waals surface area contributed by atoms with Gasteiger partial charge in [-0.05, 0) is 48.9 Å². The van der Waals surface area contributed by atoms with Crippen LogP contribution >= 0.6 is 0 Å². The Hall–Kier alpha value is -3.12. The fourth-order valence-corrected chi connectivity index (χ4v) is 4.23. The summed E-state index contributed by atoms with van der Waals surface area (Å²) in [6.07, 6.45) is 0. The maximum absolute atomic E-state index is 12.1. The fraction of sp³-hybridized carbons (Fsp3) is 0.0952. The number of benzene rings is 3. The Balaban J connectivity index is 1.49. The van der Waals surface area contributed by atoms with Crippen molar-refractivity contribution < 1.29 is 8.42 Å². The smallest absolute Gasteiger partial charge is 0.285 e. The molecule has 5 nitrogen and oxygen atoms in total. The zero-order chi connectivity index (χ0) is 18.9. The van der Waals surface area contributed by atoms with Gasteiger partial charge in [-0.25, -0.2) is 0 Å². The van der Waals surface area contributed by atoms with Crippen molar-refractivity contribution in [3.63, 3.8) is 0 Å². The molecule has 0 amide bonds. The van der Waals surface area contributed by atoms with Crippen molar-refractivity contribution in [3.8, 4) is 0 Å². The van der Waals surface area contributed by atoms with Crippen molar-refractivity contribution in [1.82, 2.24) is 0 Å². The highest BCUT2D eigenvalue weighted by Crippen LogP contribution is 2.27. The van der Waals surface area contributed by atoms with Gasteiger partial charge in [-0.1, -0.05) is 42.5 Å². The van der Waals surface area contributed by atoms with Crippen LogP contribution in [-0.4, -0.2) is 14.3 Å². The molecule has 2 N–H and O–H groups in total. The second-order valence-electron chi connectivity index (χ2n) is 6.39. The first-order chi connectivity index (χ1) is 13.0.